The summed E-state index contributed by atoms with van der Waals surface area (Å²) in [6, 6.07) is 3.70. The number of ether oxygens (including phenoxy) is 3. The number of nitrogens with one attached hydrogen (secondary N) is 1. The van der Waals surface area contributed by atoms with Crippen LogP contribution in [0.25, 0.3) is 10.2 Å². The van der Waals surface area contributed by atoms with Crippen molar-refractivity contribution in [3.8, 4) is 5.88 Å². The van der Waals surface area contributed by atoms with E-state index in [-0.39, 0.29) is 12.1 Å². The van der Waals surface area contributed by atoms with Gasteiger partial charge in [-0.15, -0.1) is 11.3 Å². The molecule has 1 saturated heterocycles. The number of carbonyl (C=O) groups excluding carboxylic acids is 1. The molecule has 4 heterocycles. The summed E-state index contributed by atoms with van der Waals surface area (Å²) >= 11 is 1.28. The number of methoxy groups -OCH3 is 1. The number of carbonyl (C=O) groups is 1. The van der Waals surface area contributed by atoms with Gasteiger partial charge in [0, 0.05) is 12.8 Å². The van der Waals surface area contributed by atoms with E-state index in [1.807, 2.05) is 19.1 Å². The highest BCUT2D eigenvalue weighted by Crippen LogP contribution is 2.36. The van der Waals surface area contributed by atoms with Crippen LogP contribution in [0.3, 0.4) is 0 Å². The lowest BCUT2D eigenvalue weighted by molar-refractivity contribution is 0.00585. The minimum atomic E-state index is -0.380. The average Bonchev–Trinajstić information content (AvgIpc) is 3.07. The van der Waals surface area contributed by atoms with Gasteiger partial charge in [0.2, 0.25) is 5.88 Å². The zero-order chi connectivity index (χ0) is 19.5. The summed E-state index contributed by atoms with van der Waals surface area (Å²) in [5.74, 6) is 0.701. The summed E-state index contributed by atoms with van der Waals surface area (Å²) in [6.07, 6.45) is 5.03. The maximum Gasteiger partial charge on any atom is 0.348 e. The van der Waals surface area contributed by atoms with E-state index in [4.69, 9.17) is 14.2 Å². The molecular weight excluding hydrogens is 380 g/mol. The molecule has 3 aromatic heterocycles. The Hall–Kier alpha value is -2.78. The summed E-state index contributed by atoms with van der Waals surface area (Å²) in [5, 5.41) is 4.07. The van der Waals surface area contributed by atoms with Crippen LogP contribution in [0, 0.1) is 6.92 Å². The molecule has 1 aliphatic heterocycles. The Labute approximate surface area is 165 Å². The first-order valence-corrected chi connectivity index (χ1v) is 9.78. The second kappa shape index (κ2) is 8.07. The van der Waals surface area contributed by atoms with Crippen LogP contribution in [-0.4, -0.2) is 47.3 Å². The number of rotatable bonds is 5. The number of esters is 1. The molecule has 146 valence electrons. The van der Waals surface area contributed by atoms with E-state index < -0.39 is 0 Å². The first-order valence-electron chi connectivity index (χ1n) is 8.96. The molecule has 0 amide bonds. The molecule has 1 N–H and O–H groups in total. The van der Waals surface area contributed by atoms with Crippen molar-refractivity contribution in [3.63, 3.8) is 0 Å². The van der Waals surface area contributed by atoms with Crippen LogP contribution in [0.2, 0.25) is 0 Å². The molecule has 0 radical (unpaired) electrons. The topological polar surface area (TPSA) is 95.5 Å². The maximum atomic E-state index is 12.0. The summed E-state index contributed by atoms with van der Waals surface area (Å²) in [7, 11) is 1.37. The highest BCUT2D eigenvalue weighted by Gasteiger charge is 2.21. The largest absolute Gasteiger partial charge is 0.470 e. The lowest BCUT2D eigenvalue weighted by Crippen LogP contribution is -2.28. The van der Waals surface area contributed by atoms with E-state index in [2.05, 4.69) is 20.3 Å². The van der Waals surface area contributed by atoms with Gasteiger partial charge in [-0.3, -0.25) is 0 Å². The van der Waals surface area contributed by atoms with Crippen LogP contribution in [0.5, 0.6) is 5.88 Å². The molecule has 1 atom stereocenters. The fraction of sp³-hybridized carbons (Fsp3) is 0.368. The number of fused-ring (bicyclic) bond motifs is 1. The van der Waals surface area contributed by atoms with Gasteiger partial charge in [-0.1, -0.05) is 0 Å². The first-order chi connectivity index (χ1) is 13.7. The molecule has 9 heteroatoms. The Morgan fingerprint density at radius 3 is 3.04 bits per heavy atom. The van der Waals surface area contributed by atoms with Crippen LogP contribution in [-0.2, 0) is 9.47 Å². The number of aryl methyl sites for hydroxylation is 1. The molecule has 0 bridgehead atoms. The number of hydrogen-bond donors (Lipinski definition) is 1. The molecule has 0 aliphatic carbocycles. The number of pyridine rings is 1. The van der Waals surface area contributed by atoms with Gasteiger partial charge in [0.05, 0.1) is 19.1 Å². The van der Waals surface area contributed by atoms with Crippen LogP contribution < -0.4 is 10.1 Å². The molecule has 4 rings (SSSR count). The average molecular weight is 400 g/mol. The predicted octanol–water partition coefficient (Wildman–Crippen LogP) is 3.48. The quantitative estimate of drug-likeness (QED) is 0.651. The molecule has 0 saturated carbocycles. The van der Waals surface area contributed by atoms with Crippen LogP contribution in [0.1, 0.15) is 28.1 Å². The highest BCUT2D eigenvalue weighted by molar-refractivity contribution is 7.20. The molecular formula is C19H20N4O4S. The Bertz CT molecular complexity index is 1000. The second-order valence-electron chi connectivity index (χ2n) is 6.39. The molecule has 1 aliphatic rings. The van der Waals surface area contributed by atoms with Crippen LogP contribution >= 0.6 is 11.3 Å². The Balaban J connectivity index is 1.67. The summed E-state index contributed by atoms with van der Waals surface area (Å²) < 4.78 is 16.4. The number of aromatic nitrogens is 3. The molecule has 0 spiro atoms. The van der Waals surface area contributed by atoms with Crippen molar-refractivity contribution >= 4 is 39.0 Å². The molecule has 3 aromatic rings. The van der Waals surface area contributed by atoms with Crippen molar-refractivity contribution in [2.24, 2.45) is 0 Å². The summed E-state index contributed by atoms with van der Waals surface area (Å²) in [6.45, 7) is 3.19. The highest BCUT2D eigenvalue weighted by atomic mass is 32.1. The molecule has 28 heavy (non-hydrogen) atoms. The fourth-order valence-electron chi connectivity index (χ4n) is 3.12. The number of anilines is 2. The van der Waals surface area contributed by atoms with Gasteiger partial charge in [0.25, 0.3) is 0 Å². The molecule has 1 fully saturated rings. The van der Waals surface area contributed by atoms with Gasteiger partial charge in [0.15, 0.2) is 0 Å². The van der Waals surface area contributed by atoms with E-state index in [0.717, 1.165) is 30.4 Å². The van der Waals surface area contributed by atoms with Crippen molar-refractivity contribution in [3.05, 3.63) is 35.1 Å². The third-order valence-electron chi connectivity index (χ3n) is 4.52. The first kappa shape index (κ1) is 18.6. The predicted molar refractivity (Wildman–Crippen MR) is 105 cm³/mol. The zero-order valence-corrected chi connectivity index (χ0v) is 16.4. The maximum absolute atomic E-state index is 12.0. The smallest absolute Gasteiger partial charge is 0.348 e. The van der Waals surface area contributed by atoms with Crippen molar-refractivity contribution in [1.29, 1.82) is 0 Å². The van der Waals surface area contributed by atoms with E-state index in [0.29, 0.717) is 33.7 Å². The van der Waals surface area contributed by atoms with Crippen molar-refractivity contribution < 1.29 is 19.0 Å². The van der Waals surface area contributed by atoms with Gasteiger partial charge in [-0.25, -0.2) is 19.7 Å². The lowest BCUT2D eigenvalue weighted by atomic mass is 10.2. The molecule has 0 unspecified atom stereocenters. The Kier molecular flexibility index (Phi) is 5.36. The summed E-state index contributed by atoms with van der Waals surface area (Å²) in [5.41, 5.74) is 1.47. The monoisotopic (exact) mass is 400 g/mol. The third-order valence-corrected chi connectivity index (χ3v) is 5.70. The number of hydrogen-bond acceptors (Lipinski definition) is 9. The van der Waals surface area contributed by atoms with E-state index in [9.17, 15) is 4.79 Å². The van der Waals surface area contributed by atoms with Crippen LogP contribution in [0.4, 0.5) is 11.5 Å². The minimum Gasteiger partial charge on any atom is -0.470 e. The molecule has 0 aromatic carbocycles. The SMILES string of the molecule is COC(=O)c1sc2ncnc(Nc3cccnc3O[C@@H]3CCCOC3)c2c1C. The number of nitrogens with zero attached hydrogens (tertiary/aromatic N) is 3. The molecule has 8 nitrogen and oxygen atoms in total. The van der Waals surface area contributed by atoms with E-state index >= 15 is 0 Å². The van der Waals surface area contributed by atoms with Crippen LogP contribution in [0.15, 0.2) is 24.7 Å². The second-order valence-corrected chi connectivity index (χ2v) is 7.39. The Morgan fingerprint density at radius 1 is 1.36 bits per heavy atom. The standard InChI is InChI=1S/C19H20N4O4S/c1-11-14-16(21-10-22-18(14)28-15(11)19(24)25-2)23-13-6-3-7-20-17(13)27-12-5-4-8-26-9-12/h3,6-7,10,12H,4-5,8-9H2,1-2H3,(H,21,22,23)/t12-/m1/s1. The van der Waals surface area contributed by atoms with Crippen molar-refractivity contribution in [2.75, 3.05) is 25.6 Å². The van der Waals surface area contributed by atoms with E-state index in [1.165, 1.54) is 24.8 Å². The summed E-state index contributed by atoms with van der Waals surface area (Å²) in [4.78, 5) is 26.3. The lowest BCUT2D eigenvalue weighted by Gasteiger charge is -2.23. The van der Waals surface area contributed by atoms with Crippen molar-refractivity contribution in [2.45, 2.75) is 25.9 Å². The van der Waals surface area contributed by atoms with Gasteiger partial charge >= 0.3 is 5.97 Å². The van der Waals surface area contributed by atoms with Gasteiger partial charge < -0.3 is 19.5 Å². The third kappa shape index (κ3) is 3.63. The van der Waals surface area contributed by atoms with Gasteiger partial charge in [-0.2, -0.15) is 0 Å². The minimum absolute atomic E-state index is 0.0246. The van der Waals surface area contributed by atoms with Crippen molar-refractivity contribution in [1.82, 2.24) is 15.0 Å². The zero-order valence-electron chi connectivity index (χ0n) is 15.6. The van der Waals surface area contributed by atoms with Gasteiger partial charge in [-0.05, 0) is 37.5 Å². The van der Waals surface area contributed by atoms with Gasteiger partial charge in [0.1, 0.15) is 33.6 Å². The van der Waals surface area contributed by atoms with E-state index in [1.54, 1.807) is 6.20 Å². The normalized spacial score (nSPS) is 16.7. The number of thiophene rings is 1. The Morgan fingerprint density at radius 2 is 2.25 bits per heavy atom. The fourth-order valence-corrected chi connectivity index (χ4v) is 4.19.